The number of rotatable bonds is 3. The fraction of sp³-hybridized carbons (Fsp3) is 0.143. The van der Waals surface area contributed by atoms with E-state index in [1.165, 1.54) is 0 Å². The van der Waals surface area contributed by atoms with Crippen LogP contribution in [0, 0.1) is 13.8 Å². The lowest BCUT2D eigenvalue weighted by Crippen LogP contribution is -2.18. The number of pyridine rings is 1. The third-order valence-electron chi connectivity index (χ3n) is 4.36. The molecule has 5 nitrogen and oxygen atoms in total. The monoisotopic (exact) mass is 345 g/mol. The zero-order valence-corrected chi connectivity index (χ0v) is 14.9. The van der Waals surface area contributed by atoms with Crippen LogP contribution in [0.2, 0.25) is 0 Å². The minimum Gasteiger partial charge on any atom is -0.454 e. The molecule has 2 heterocycles. The number of aryl methyl sites for hydroxylation is 3. The van der Waals surface area contributed by atoms with Crippen LogP contribution in [0.4, 0.5) is 0 Å². The molecule has 0 unspecified atom stereocenters. The Morgan fingerprint density at radius 1 is 1.08 bits per heavy atom. The number of nitrogens with one attached hydrogen (secondary N) is 1. The molecule has 0 amide bonds. The summed E-state index contributed by atoms with van der Waals surface area (Å²) >= 11 is 0. The van der Waals surface area contributed by atoms with Crippen molar-refractivity contribution in [2.45, 2.75) is 13.8 Å². The maximum atomic E-state index is 12.1. The molecule has 130 valence electrons. The molecule has 0 aliphatic carbocycles. The van der Waals surface area contributed by atoms with E-state index in [1.54, 1.807) is 11.6 Å². The third-order valence-corrected chi connectivity index (χ3v) is 4.36. The van der Waals surface area contributed by atoms with Crippen molar-refractivity contribution in [1.82, 2.24) is 14.5 Å². The number of ether oxygens (including phenoxy) is 1. The molecule has 26 heavy (non-hydrogen) atoms. The zero-order chi connectivity index (χ0) is 18.3. The van der Waals surface area contributed by atoms with Crippen LogP contribution < -0.4 is 10.3 Å². The average molecular weight is 345 g/mol. The van der Waals surface area contributed by atoms with Gasteiger partial charge in [-0.15, -0.1) is 0 Å². The maximum absolute atomic E-state index is 12.1. The van der Waals surface area contributed by atoms with Gasteiger partial charge in [-0.3, -0.25) is 4.79 Å². The predicted octanol–water partition coefficient (Wildman–Crippen LogP) is 4.34. The second kappa shape index (κ2) is 6.19. The lowest BCUT2D eigenvalue weighted by Gasteiger charge is -2.13. The molecule has 0 atom stereocenters. The molecule has 0 spiro atoms. The van der Waals surface area contributed by atoms with Gasteiger partial charge in [-0.1, -0.05) is 18.2 Å². The molecule has 4 rings (SSSR count). The Kier molecular flexibility index (Phi) is 3.84. The fourth-order valence-electron chi connectivity index (χ4n) is 3.14. The predicted molar refractivity (Wildman–Crippen MR) is 103 cm³/mol. The summed E-state index contributed by atoms with van der Waals surface area (Å²) in [4.78, 5) is 19.9. The molecular formula is C21H19N3O2. The van der Waals surface area contributed by atoms with E-state index in [9.17, 15) is 4.79 Å². The molecule has 0 radical (unpaired) electrons. The summed E-state index contributed by atoms with van der Waals surface area (Å²) in [5.41, 5.74) is 4.18. The van der Waals surface area contributed by atoms with Crippen molar-refractivity contribution in [1.29, 1.82) is 0 Å². The summed E-state index contributed by atoms with van der Waals surface area (Å²) in [5.74, 6) is 2.24. The first kappa shape index (κ1) is 16.1. The molecule has 2 aromatic carbocycles. The van der Waals surface area contributed by atoms with Gasteiger partial charge in [-0.2, -0.15) is 0 Å². The van der Waals surface area contributed by atoms with E-state index >= 15 is 0 Å². The van der Waals surface area contributed by atoms with Gasteiger partial charge in [-0.05, 0) is 44.2 Å². The molecule has 0 fully saturated rings. The summed E-state index contributed by atoms with van der Waals surface area (Å²) in [6.07, 6.45) is 1.83. The van der Waals surface area contributed by atoms with Crippen molar-refractivity contribution in [3.63, 3.8) is 0 Å². The van der Waals surface area contributed by atoms with Crippen LogP contribution in [-0.4, -0.2) is 14.5 Å². The minimum atomic E-state index is -0.00373. The summed E-state index contributed by atoms with van der Waals surface area (Å²) < 4.78 is 7.82. The Balaban J connectivity index is 1.97. The largest absolute Gasteiger partial charge is 0.454 e. The van der Waals surface area contributed by atoms with E-state index in [0.717, 1.165) is 33.7 Å². The number of hydrogen-bond donors (Lipinski definition) is 1. The Hall–Kier alpha value is -3.34. The van der Waals surface area contributed by atoms with Crippen molar-refractivity contribution in [2.24, 2.45) is 7.05 Å². The van der Waals surface area contributed by atoms with Crippen LogP contribution in [0.5, 0.6) is 11.5 Å². The number of benzene rings is 2. The molecule has 4 aromatic rings. The van der Waals surface area contributed by atoms with Crippen molar-refractivity contribution in [3.05, 3.63) is 76.5 Å². The lowest BCUT2D eigenvalue weighted by molar-refractivity contribution is 0.489. The van der Waals surface area contributed by atoms with Crippen molar-refractivity contribution >= 4 is 11.0 Å². The molecule has 0 saturated carbocycles. The molecule has 0 aliphatic heterocycles. The van der Waals surface area contributed by atoms with Crippen LogP contribution in [0.15, 0.2) is 59.5 Å². The number of H-pyrrole nitrogens is 1. The Morgan fingerprint density at radius 3 is 2.58 bits per heavy atom. The highest BCUT2D eigenvalue weighted by Crippen LogP contribution is 2.38. The van der Waals surface area contributed by atoms with E-state index in [1.807, 2.05) is 68.6 Å². The van der Waals surface area contributed by atoms with Gasteiger partial charge in [0.2, 0.25) is 0 Å². The van der Waals surface area contributed by atoms with E-state index in [0.29, 0.717) is 11.3 Å². The highest BCUT2D eigenvalue weighted by atomic mass is 16.5. The van der Waals surface area contributed by atoms with Crippen molar-refractivity contribution in [2.75, 3.05) is 0 Å². The highest BCUT2D eigenvalue weighted by Gasteiger charge is 2.16. The zero-order valence-electron chi connectivity index (χ0n) is 14.9. The van der Waals surface area contributed by atoms with Gasteiger partial charge in [0.25, 0.3) is 5.56 Å². The van der Waals surface area contributed by atoms with Crippen LogP contribution in [0.25, 0.3) is 22.2 Å². The number of nitrogens with zero attached hydrogens (tertiary/aromatic N) is 2. The minimum absolute atomic E-state index is 0.00373. The molecular weight excluding hydrogens is 326 g/mol. The second-order valence-electron chi connectivity index (χ2n) is 6.40. The Bertz CT molecular complexity index is 1130. The Labute approximate surface area is 150 Å². The van der Waals surface area contributed by atoms with Gasteiger partial charge in [-0.25, -0.2) is 4.98 Å². The molecule has 2 aromatic heterocycles. The number of aromatic amines is 1. The molecule has 0 aliphatic rings. The van der Waals surface area contributed by atoms with Crippen LogP contribution >= 0.6 is 0 Å². The van der Waals surface area contributed by atoms with Gasteiger partial charge in [0.05, 0.1) is 5.52 Å². The highest BCUT2D eigenvalue weighted by molar-refractivity contribution is 5.91. The molecule has 1 N–H and O–H groups in total. The van der Waals surface area contributed by atoms with E-state index < -0.39 is 0 Å². The smallest absolute Gasteiger partial charge is 0.253 e. The number of para-hydroxylation sites is 1. The number of imidazole rings is 1. The summed E-state index contributed by atoms with van der Waals surface area (Å²) in [6, 6.07) is 15.5. The quantitative estimate of drug-likeness (QED) is 0.601. The van der Waals surface area contributed by atoms with Gasteiger partial charge in [0, 0.05) is 29.9 Å². The Morgan fingerprint density at radius 2 is 1.85 bits per heavy atom. The normalized spacial score (nSPS) is 11.0. The van der Waals surface area contributed by atoms with Crippen LogP contribution in [0.3, 0.4) is 0 Å². The first-order chi connectivity index (χ1) is 12.5. The van der Waals surface area contributed by atoms with Gasteiger partial charge in [0.15, 0.2) is 5.75 Å². The van der Waals surface area contributed by atoms with Crippen LogP contribution in [0.1, 0.15) is 11.4 Å². The number of fused-ring (bicyclic) bond motifs is 1. The summed E-state index contributed by atoms with van der Waals surface area (Å²) in [7, 11) is 1.76. The third kappa shape index (κ3) is 2.77. The fourth-order valence-corrected chi connectivity index (χ4v) is 3.14. The van der Waals surface area contributed by atoms with E-state index in [-0.39, 0.29) is 5.56 Å². The van der Waals surface area contributed by atoms with Crippen LogP contribution in [-0.2, 0) is 7.05 Å². The number of aromatic nitrogens is 3. The molecule has 0 saturated heterocycles. The first-order valence-electron chi connectivity index (χ1n) is 8.43. The average Bonchev–Trinajstić information content (AvgIpc) is 3.01. The van der Waals surface area contributed by atoms with Gasteiger partial charge in [0.1, 0.15) is 17.1 Å². The van der Waals surface area contributed by atoms with Crippen molar-refractivity contribution in [3.8, 4) is 22.6 Å². The second-order valence-corrected chi connectivity index (χ2v) is 6.40. The molecule has 5 heteroatoms. The first-order valence-corrected chi connectivity index (χ1v) is 8.43. The topological polar surface area (TPSA) is 59.9 Å². The van der Waals surface area contributed by atoms with E-state index in [4.69, 9.17) is 4.74 Å². The van der Waals surface area contributed by atoms with Gasteiger partial charge < -0.3 is 14.3 Å². The van der Waals surface area contributed by atoms with Crippen molar-refractivity contribution < 1.29 is 4.74 Å². The lowest BCUT2D eigenvalue weighted by atomic mass is 10.0. The summed E-state index contributed by atoms with van der Waals surface area (Å²) in [5, 5.41) is 0. The maximum Gasteiger partial charge on any atom is 0.253 e. The summed E-state index contributed by atoms with van der Waals surface area (Å²) in [6.45, 7) is 3.74. The SMILES string of the molecule is Cc1nc2c(Oc3ccccc3)c(-c3cc(C)c(=O)n(C)c3)ccc2[nH]1. The standard InChI is InChI=1S/C21H19N3O2/c1-13-11-15(12-24(3)21(13)25)17-9-10-18-19(23-14(2)22-18)20(17)26-16-7-5-4-6-8-16/h4-12H,1-3H3,(H,22,23). The molecule has 0 bridgehead atoms. The van der Waals surface area contributed by atoms with E-state index in [2.05, 4.69) is 9.97 Å². The van der Waals surface area contributed by atoms with Gasteiger partial charge >= 0.3 is 0 Å². The number of hydrogen-bond acceptors (Lipinski definition) is 3.